The highest BCUT2D eigenvalue weighted by Gasteiger charge is 2.35. The smallest absolute Gasteiger partial charge is 0.338 e. The first-order valence-electron chi connectivity index (χ1n) is 16.7. The van der Waals surface area contributed by atoms with Crippen molar-refractivity contribution in [3.8, 4) is 5.69 Å². The van der Waals surface area contributed by atoms with Gasteiger partial charge in [0.1, 0.15) is 18.9 Å². The molecule has 17 nitrogen and oxygen atoms in total. The Kier molecular flexibility index (Phi) is 17.3. The SMILES string of the molecule is COCCOCCOCCOCCOC(=O)c1cc(C(=O)OCCOCCOCCOC)cc(-n2cc(CN3C(=O)C(=O)c4ccccc43)nn2)c1. The summed E-state index contributed by atoms with van der Waals surface area (Å²) in [7, 11) is 3.19. The predicted molar refractivity (Wildman–Crippen MR) is 182 cm³/mol. The highest BCUT2D eigenvalue weighted by Crippen LogP contribution is 2.29. The molecule has 17 heteroatoms. The minimum atomic E-state index is -0.709. The zero-order valence-electron chi connectivity index (χ0n) is 29.3. The van der Waals surface area contributed by atoms with Crippen LogP contribution in [0.25, 0.3) is 5.69 Å². The Hall–Kier alpha value is -4.62. The Morgan fingerprint density at radius 1 is 0.635 bits per heavy atom. The number of hydrogen-bond acceptors (Lipinski definition) is 15. The van der Waals surface area contributed by atoms with Crippen molar-refractivity contribution in [3.05, 3.63) is 71.0 Å². The number of para-hydroxylation sites is 1. The number of carbonyl (C=O) groups is 4. The van der Waals surface area contributed by atoms with Crippen LogP contribution in [0.15, 0.2) is 48.7 Å². The number of ether oxygens (including phenoxy) is 9. The number of rotatable bonds is 26. The third-order valence-corrected chi connectivity index (χ3v) is 7.29. The van der Waals surface area contributed by atoms with Gasteiger partial charge >= 0.3 is 11.9 Å². The van der Waals surface area contributed by atoms with Crippen LogP contribution in [0.3, 0.4) is 0 Å². The van der Waals surface area contributed by atoms with E-state index in [4.69, 9.17) is 42.6 Å². The largest absolute Gasteiger partial charge is 0.460 e. The molecule has 0 aliphatic carbocycles. The van der Waals surface area contributed by atoms with Crippen molar-refractivity contribution in [1.29, 1.82) is 0 Å². The molecule has 282 valence electrons. The minimum Gasteiger partial charge on any atom is -0.460 e. The summed E-state index contributed by atoms with van der Waals surface area (Å²) < 4.78 is 48.9. The summed E-state index contributed by atoms with van der Waals surface area (Å²) in [6.45, 7) is 4.25. The first-order valence-corrected chi connectivity index (χ1v) is 16.7. The normalized spacial score (nSPS) is 12.4. The summed E-state index contributed by atoms with van der Waals surface area (Å²) in [5.41, 5.74) is 1.55. The second kappa shape index (κ2) is 22.3. The number of aromatic nitrogens is 3. The van der Waals surface area contributed by atoms with Crippen molar-refractivity contribution in [3.63, 3.8) is 0 Å². The number of methoxy groups -OCH3 is 2. The zero-order chi connectivity index (χ0) is 37.0. The molecule has 0 N–H and O–H groups in total. The molecule has 52 heavy (non-hydrogen) atoms. The Morgan fingerprint density at radius 3 is 1.63 bits per heavy atom. The van der Waals surface area contributed by atoms with Gasteiger partial charge < -0.3 is 42.6 Å². The zero-order valence-corrected chi connectivity index (χ0v) is 29.3. The highest BCUT2D eigenvalue weighted by atomic mass is 16.6. The number of hydrogen-bond donors (Lipinski definition) is 0. The lowest BCUT2D eigenvalue weighted by molar-refractivity contribution is -0.114. The van der Waals surface area contributed by atoms with Crippen molar-refractivity contribution in [2.24, 2.45) is 0 Å². The summed E-state index contributed by atoms with van der Waals surface area (Å²) in [6, 6.07) is 11.0. The molecule has 0 atom stereocenters. The summed E-state index contributed by atoms with van der Waals surface area (Å²) in [5, 5.41) is 8.30. The van der Waals surface area contributed by atoms with Crippen molar-refractivity contribution < 1.29 is 61.8 Å². The Labute approximate surface area is 300 Å². The molecule has 1 aliphatic heterocycles. The third-order valence-electron chi connectivity index (χ3n) is 7.29. The van der Waals surface area contributed by atoms with E-state index >= 15 is 0 Å². The van der Waals surface area contributed by atoms with Crippen LogP contribution in [0, 0.1) is 0 Å². The quantitative estimate of drug-likeness (QED) is 0.0660. The number of ketones is 1. The van der Waals surface area contributed by atoms with Gasteiger partial charge in [-0.1, -0.05) is 17.3 Å². The summed E-state index contributed by atoms with van der Waals surface area (Å²) in [4.78, 5) is 52.6. The van der Waals surface area contributed by atoms with Crippen LogP contribution in [-0.2, 0) is 54.0 Å². The fourth-order valence-electron chi connectivity index (χ4n) is 4.74. The van der Waals surface area contributed by atoms with Gasteiger partial charge in [0, 0.05) is 14.2 Å². The number of fused-ring (bicyclic) bond motifs is 1. The molecule has 0 unspecified atom stereocenters. The molecule has 4 rings (SSSR count). The maximum absolute atomic E-state index is 13.1. The average Bonchev–Trinajstić information content (AvgIpc) is 3.73. The number of benzene rings is 2. The number of nitrogens with zero attached hydrogens (tertiary/aromatic N) is 4. The molecular formula is C35H44N4O13. The van der Waals surface area contributed by atoms with Crippen LogP contribution in [0.4, 0.5) is 5.69 Å². The van der Waals surface area contributed by atoms with E-state index in [2.05, 4.69) is 10.3 Å². The first kappa shape index (κ1) is 40.2. The topological polar surface area (TPSA) is 185 Å². The van der Waals surface area contributed by atoms with Gasteiger partial charge in [0.15, 0.2) is 0 Å². The van der Waals surface area contributed by atoms with E-state index in [1.807, 2.05) is 0 Å². The fourth-order valence-corrected chi connectivity index (χ4v) is 4.74. The third kappa shape index (κ3) is 12.6. The van der Waals surface area contributed by atoms with E-state index in [-0.39, 0.29) is 44.1 Å². The van der Waals surface area contributed by atoms with E-state index in [0.29, 0.717) is 88.7 Å². The highest BCUT2D eigenvalue weighted by molar-refractivity contribution is 6.52. The number of esters is 2. The first-order chi connectivity index (χ1) is 25.4. The molecule has 0 fully saturated rings. The lowest BCUT2D eigenvalue weighted by atomic mass is 10.1. The van der Waals surface area contributed by atoms with E-state index in [1.165, 1.54) is 34.0 Å². The maximum atomic E-state index is 13.1. The molecule has 2 heterocycles. The molecule has 0 spiro atoms. The lowest BCUT2D eigenvalue weighted by Crippen LogP contribution is -2.29. The van der Waals surface area contributed by atoms with Crippen LogP contribution < -0.4 is 4.90 Å². The molecule has 0 saturated heterocycles. The molecule has 0 bridgehead atoms. The standard InChI is InChI=1S/C35H44N4O13/c1-44-7-9-46-11-13-48-14-16-50-18-20-52-35(43)27-21-26(34(42)51-19-17-49-15-12-47-10-8-45-2)22-29(23-27)39-25-28(36-37-39)24-38-31-6-4-3-5-30(31)32(40)33(38)41/h3-6,21-23,25H,7-20,24H2,1-2H3. The summed E-state index contributed by atoms with van der Waals surface area (Å²) in [5.74, 6) is -2.69. The Bertz CT molecular complexity index is 1600. The molecule has 1 amide bonds. The monoisotopic (exact) mass is 728 g/mol. The van der Waals surface area contributed by atoms with Crippen molar-refractivity contribution in [2.45, 2.75) is 6.54 Å². The van der Waals surface area contributed by atoms with Crippen LogP contribution in [-0.4, -0.2) is 145 Å². The average molecular weight is 729 g/mol. The van der Waals surface area contributed by atoms with Crippen molar-refractivity contribution in [2.75, 3.05) is 112 Å². The summed E-state index contributed by atoms with van der Waals surface area (Å²) in [6.07, 6.45) is 1.53. The summed E-state index contributed by atoms with van der Waals surface area (Å²) >= 11 is 0. The van der Waals surface area contributed by atoms with Gasteiger partial charge in [0.25, 0.3) is 11.7 Å². The Balaban J connectivity index is 1.35. The molecule has 2 aromatic carbocycles. The number of amides is 1. The van der Waals surface area contributed by atoms with Gasteiger partial charge in [-0.15, -0.1) is 5.10 Å². The van der Waals surface area contributed by atoms with E-state index < -0.39 is 23.6 Å². The molecule has 1 aromatic heterocycles. The lowest BCUT2D eigenvalue weighted by Gasteiger charge is -2.14. The molecule has 1 aliphatic rings. The predicted octanol–water partition coefficient (Wildman–Crippen LogP) is 1.69. The molecular weight excluding hydrogens is 684 g/mol. The van der Waals surface area contributed by atoms with Gasteiger partial charge in [0.2, 0.25) is 0 Å². The number of Topliss-reactive ketones (excluding diaryl/α,β-unsaturated/α-hetero) is 1. The minimum absolute atomic E-state index is 0.0250. The van der Waals surface area contributed by atoms with Crippen LogP contribution in [0.5, 0.6) is 0 Å². The maximum Gasteiger partial charge on any atom is 0.338 e. The van der Waals surface area contributed by atoms with Crippen LogP contribution in [0.2, 0.25) is 0 Å². The van der Waals surface area contributed by atoms with Gasteiger partial charge in [-0.25, -0.2) is 14.3 Å². The van der Waals surface area contributed by atoms with E-state index in [0.717, 1.165) is 0 Å². The number of carbonyl (C=O) groups excluding carboxylic acids is 4. The van der Waals surface area contributed by atoms with Crippen molar-refractivity contribution in [1.82, 2.24) is 15.0 Å². The van der Waals surface area contributed by atoms with Gasteiger partial charge in [0.05, 0.1) is 120 Å². The molecule has 3 aromatic rings. The van der Waals surface area contributed by atoms with E-state index in [1.54, 1.807) is 38.5 Å². The van der Waals surface area contributed by atoms with Gasteiger partial charge in [-0.3, -0.25) is 14.5 Å². The van der Waals surface area contributed by atoms with E-state index in [9.17, 15) is 19.2 Å². The van der Waals surface area contributed by atoms with Gasteiger partial charge in [-0.2, -0.15) is 0 Å². The molecule has 0 radical (unpaired) electrons. The molecule has 0 saturated carbocycles. The van der Waals surface area contributed by atoms with Crippen LogP contribution >= 0.6 is 0 Å². The van der Waals surface area contributed by atoms with Crippen LogP contribution in [0.1, 0.15) is 36.8 Å². The Morgan fingerprint density at radius 2 is 1.12 bits per heavy atom. The fraction of sp³-hybridized carbons (Fsp3) is 0.486. The number of anilines is 1. The van der Waals surface area contributed by atoms with Gasteiger partial charge in [-0.05, 0) is 30.3 Å². The second-order valence-electron chi connectivity index (χ2n) is 11.0. The second-order valence-corrected chi connectivity index (χ2v) is 11.0. The van der Waals surface area contributed by atoms with Crippen molar-refractivity contribution >= 4 is 29.3 Å².